The smallest absolute Gasteiger partial charge is 0.177 e. The molecular formula is C38H36F4N16. The lowest BCUT2D eigenvalue weighted by atomic mass is 10.0. The van der Waals surface area contributed by atoms with E-state index in [1.54, 1.807) is 50.4 Å². The minimum atomic E-state index is -0.727. The van der Waals surface area contributed by atoms with Gasteiger partial charge in [0.25, 0.3) is 0 Å². The molecule has 0 amide bonds. The number of benzene rings is 2. The Labute approximate surface area is 327 Å². The van der Waals surface area contributed by atoms with Crippen molar-refractivity contribution >= 4 is 11.3 Å². The first kappa shape index (κ1) is 39.2. The Kier molecular flexibility index (Phi) is 11.2. The molecule has 0 unspecified atom stereocenters. The standard InChI is InChI=1S/C19H17F2N9.C19H19F2N7/c1-11(2)19-26-25-17-6-5-16(27-30(17)19)14-10-24-29(8-7-23-28-22)18(14)13-4-3-12(20)9-15(13)21;1-11(2)19-25-24-17-6-5-16(26-28(17)19)14-10-23-27(8-7-22)18(14)13-4-3-12(20)9-15(13)21/h3-6,9-11H,7-8H2,1-2H3;3-6,9-11H,7-8,22H2,1-2H3. The van der Waals surface area contributed by atoms with Crippen molar-refractivity contribution in [3.8, 4) is 45.0 Å². The van der Waals surface area contributed by atoms with Crippen LogP contribution in [0.25, 0.3) is 66.8 Å². The second-order valence-corrected chi connectivity index (χ2v) is 13.7. The molecule has 0 bridgehead atoms. The molecule has 2 aromatic carbocycles. The highest BCUT2D eigenvalue weighted by molar-refractivity contribution is 5.80. The van der Waals surface area contributed by atoms with Gasteiger partial charge in [-0.3, -0.25) is 9.36 Å². The molecule has 6 aromatic heterocycles. The molecule has 296 valence electrons. The molecule has 8 aromatic rings. The van der Waals surface area contributed by atoms with Crippen molar-refractivity contribution in [2.75, 3.05) is 13.1 Å². The first-order valence-electron chi connectivity index (χ1n) is 18.2. The molecule has 0 fully saturated rings. The number of azide groups is 1. The molecule has 0 aliphatic heterocycles. The average molecular weight is 793 g/mol. The van der Waals surface area contributed by atoms with Gasteiger partial charge in [0.1, 0.15) is 23.3 Å². The fourth-order valence-electron chi connectivity index (χ4n) is 6.34. The van der Waals surface area contributed by atoms with Crippen LogP contribution in [-0.4, -0.2) is 72.3 Å². The maximum atomic E-state index is 14.6. The lowest BCUT2D eigenvalue weighted by Gasteiger charge is -2.11. The summed E-state index contributed by atoms with van der Waals surface area (Å²) in [4.78, 5) is 2.73. The highest BCUT2D eigenvalue weighted by Gasteiger charge is 2.22. The maximum Gasteiger partial charge on any atom is 0.177 e. The summed E-state index contributed by atoms with van der Waals surface area (Å²) in [5, 5.41) is 38.0. The summed E-state index contributed by atoms with van der Waals surface area (Å²) in [6, 6.07) is 13.9. The summed E-state index contributed by atoms with van der Waals surface area (Å²) in [6.45, 7) is 9.04. The van der Waals surface area contributed by atoms with Crippen LogP contribution in [0.2, 0.25) is 0 Å². The minimum absolute atomic E-state index is 0.100. The van der Waals surface area contributed by atoms with Crippen molar-refractivity contribution in [1.82, 2.24) is 59.2 Å². The van der Waals surface area contributed by atoms with E-state index >= 15 is 0 Å². The molecule has 58 heavy (non-hydrogen) atoms. The quantitative estimate of drug-likeness (QED) is 0.0601. The predicted molar refractivity (Wildman–Crippen MR) is 206 cm³/mol. The molecule has 2 N–H and O–H groups in total. The van der Waals surface area contributed by atoms with Crippen molar-refractivity contribution < 1.29 is 17.6 Å². The van der Waals surface area contributed by atoms with Crippen molar-refractivity contribution in [3.63, 3.8) is 0 Å². The number of hydrogen-bond acceptors (Lipinski definition) is 10. The molecule has 0 spiro atoms. The van der Waals surface area contributed by atoms with Gasteiger partial charge < -0.3 is 5.73 Å². The molecule has 0 saturated carbocycles. The van der Waals surface area contributed by atoms with E-state index in [9.17, 15) is 17.6 Å². The second-order valence-electron chi connectivity index (χ2n) is 13.7. The molecule has 6 heterocycles. The lowest BCUT2D eigenvalue weighted by molar-refractivity contribution is 0.580. The molecule has 0 radical (unpaired) electrons. The first-order valence-corrected chi connectivity index (χ1v) is 18.2. The SMILES string of the molecule is CC(C)c1nnc2ccc(-c3cnn(CCN)c3-c3ccc(F)cc3F)nn12.CC(C)c1nnc2ccc(-c3cnn(CCN=[N+]=[N-])c3-c3ccc(F)cc3F)nn12. The van der Waals surface area contributed by atoms with Gasteiger partial charge >= 0.3 is 0 Å². The van der Waals surface area contributed by atoms with Gasteiger partial charge in [0.15, 0.2) is 22.9 Å². The van der Waals surface area contributed by atoms with Crippen LogP contribution in [0, 0.1) is 23.3 Å². The Morgan fingerprint density at radius 1 is 0.638 bits per heavy atom. The van der Waals surface area contributed by atoms with E-state index in [4.69, 9.17) is 11.3 Å². The van der Waals surface area contributed by atoms with Gasteiger partial charge in [-0.15, -0.1) is 20.4 Å². The Morgan fingerprint density at radius 3 is 1.52 bits per heavy atom. The van der Waals surface area contributed by atoms with Gasteiger partial charge in [-0.25, -0.2) is 17.6 Å². The fourth-order valence-corrected chi connectivity index (χ4v) is 6.34. The fraction of sp³-hybridized carbons (Fsp3) is 0.263. The van der Waals surface area contributed by atoms with Crippen LogP contribution in [-0.2, 0) is 13.1 Å². The Morgan fingerprint density at radius 2 is 1.10 bits per heavy atom. The predicted octanol–water partition coefficient (Wildman–Crippen LogP) is 7.38. The van der Waals surface area contributed by atoms with Gasteiger partial charge in [-0.1, -0.05) is 32.8 Å². The van der Waals surface area contributed by atoms with E-state index in [-0.39, 0.29) is 36.1 Å². The van der Waals surface area contributed by atoms with E-state index in [0.29, 0.717) is 64.1 Å². The van der Waals surface area contributed by atoms with Gasteiger partial charge in [-0.2, -0.15) is 29.4 Å². The van der Waals surface area contributed by atoms with Crippen LogP contribution in [0.5, 0.6) is 0 Å². The van der Waals surface area contributed by atoms with Crippen molar-refractivity contribution in [1.29, 1.82) is 0 Å². The highest BCUT2D eigenvalue weighted by atomic mass is 19.1. The molecule has 8 rings (SSSR count). The molecule has 0 saturated heterocycles. The number of rotatable bonds is 11. The van der Waals surface area contributed by atoms with Crippen LogP contribution < -0.4 is 5.73 Å². The van der Waals surface area contributed by atoms with Gasteiger partial charge in [-0.05, 0) is 54.1 Å². The normalized spacial score (nSPS) is 11.4. The summed E-state index contributed by atoms with van der Waals surface area (Å²) in [7, 11) is 0. The summed E-state index contributed by atoms with van der Waals surface area (Å²) in [5.74, 6) is -1.07. The Hall–Kier alpha value is -7.05. The number of fused-ring (bicyclic) bond motifs is 2. The first-order chi connectivity index (χ1) is 28.0. The third kappa shape index (κ3) is 7.69. The molecule has 0 atom stereocenters. The van der Waals surface area contributed by atoms with E-state index in [1.165, 1.54) is 28.9 Å². The van der Waals surface area contributed by atoms with E-state index in [2.05, 4.69) is 50.8 Å². The van der Waals surface area contributed by atoms with Crippen LogP contribution in [0.3, 0.4) is 0 Å². The van der Waals surface area contributed by atoms with Crippen LogP contribution >= 0.6 is 0 Å². The molecular weight excluding hydrogens is 757 g/mol. The van der Waals surface area contributed by atoms with Crippen molar-refractivity contribution in [2.24, 2.45) is 10.8 Å². The third-order valence-corrected chi connectivity index (χ3v) is 9.03. The number of nitrogens with two attached hydrogens (primary N) is 1. The zero-order valence-electron chi connectivity index (χ0n) is 31.7. The van der Waals surface area contributed by atoms with Crippen molar-refractivity contribution in [3.05, 3.63) is 118 Å². The number of aromatic nitrogens is 12. The highest BCUT2D eigenvalue weighted by Crippen LogP contribution is 2.35. The largest absolute Gasteiger partial charge is 0.329 e. The van der Waals surface area contributed by atoms with Crippen LogP contribution in [0.15, 0.2) is 78.2 Å². The number of halogens is 4. The lowest BCUT2D eigenvalue weighted by Crippen LogP contribution is -2.12. The topological polar surface area (TPSA) is 197 Å². The summed E-state index contributed by atoms with van der Waals surface area (Å²) in [6.07, 6.45) is 3.17. The summed E-state index contributed by atoms with van der Waals surface area (Å²) < 4.78 is 62.5. The molecule has 20 heteroatoms. The molecule has 16 nitrogen and oxygen atoms in total. The van der Waals surface area contributed by atoms with Crippen LogP contribution in [0.4, 0.5) is 17.6 Å². The summed E-state index contributed by atoms with van der Waals surface area (Å²) >= 11 is 0. The number of hydrogen-bond donors (Lipinski definition) is 1. The van der Waals surface area contributed by atoms with Gasteiger partial charge in [0.2, 0.25) is 0 Å². The third-order valence-electron chi connectivity index (χ3n) is 9.03. The van der Waals surface area contributed by atoms with Crippen LogP contribution in [0.1, 0.15) is 51.2 Å². The van der Waals surface area contributed by atoms with E-state index in [1.807, 2.05) is 27.7 Å². The van der Waals surface area contributed by atoms with Crippen molar-refractivity contribution in [2.45, 2.75) is 52.6 Å². The second kappa shape index (κ2) is 16.6. The van der Waals surface area contributed by atoms with Gasteiger partial charge in [0.05, 0.1) is 41.7 Å². The summed E-state index contributed by atoms with van der Waals surface area (Å²) in [5.41, 5.74) is 19.0. The molecule has 0 aliphatic rings. The zero-order valence-corrected chi connectivity index (χ0v) is 31.7. The average Bonchev–Trinajstić information content (AvgIpc) is 4.00. The molecule has 0 aliphatic carbocycles. The Balaban J connectivity index is 0.000000177. The number of nitrogens with zero attached hydrogens (tertiary/aromatic N) is 15. The van der Waals surface area contributed by atoms with Gasteiger partial charge in [0, 0.05) is 70.8 Å². The maximum absolute atomic E-state index is 14.6. The Bertz CT molecular complexity index is 2790. The zero-order chi connectivity index (χ0) is 41.1. The van der Waals surface area contributed by atoms with E-state index < -0.39 is 23.3 Å². The minimum Gasteiger partial charge on any atom is -0.329 e. The van der Waals surface area contributed by atoms with E-state index in [0.717, 1.165) is 18.0 Å². The monoisotopic (exact) mass is 792 g/mol.